The average molecular weight is 361 g/mol. The molecule has 0 amide bonds. The van der Waals surface area contributed by atoms with E-state index in [9.17, 15) is 0 Å². The first-order valence-corrected chi connectivity index (χ1v) is 9.60. The van der Waals surface area contributed by atoms with Crippen LogP contribution in [0.5, 0.6) is 0 Å². The van der Waals surface area contributed by atoms with Crippen LogP contribution in [-0.4, -0.2) is 35.6 Å². The molecule has 25 heavy (non-hydrogen) atoms. The Morgan fingerprint density at radius 2 is 2.00 bits per heavy atom. The van der Waals surface area contributed by atoms with Gasteiger partial charge in [0.2, 0.25) is 0 Å². The van der Waals surface area contributed by atoms with Crippen LogP contribution in [0.1, 0.15) is 35.3 Å². The monoisotopic (exact) mass is 360 g/mol. The van der Waals surface area contributed by atoms with Crippen molar-refractivity contribution < 1.29 is 0 Å². The molecule has 0 atom stereocenters. The molecule has 2 aromatic heterocycles. The fourth-order valence-electron chi connectivity index (χ4n) is 2.35. The van der Waals surface area contributed by atoms with E-state index in [1.54, 1.807) is 17.5 Å². The van der Waals surface area contributed by atoms with Gasteiger partial charge < -0.3 is 16.0 Å². The molecule has 0 aliphatic rings. The molecule has 0 aliphatic carbocycles. The summed E-state index contributed by atoms with van der Waals surface area (Å²) in [4.78, 5) is 14.6. The number of anilines is 1. The zero-order valence-electron chi connectivity index (χ0n) is 15.3. The molecule has 7 heteroatoms. The van der Waals surface area contributed by atoms with E-state index < -0.39 is 0 Å². The lowest BCUT2D eigenvalue weighted by atomic mass is 10.3. The highest BCUT2D eigenvalue weighted by Crippen LogP contribution is 2.17. The minimum atomic E-state index is 0.675. The molecule has 3 N–H and O–H groups in total. The highest BCUT2D eigenvalue weighted by Gasteiger charge is 2.04. The van der Waals surface area contributed by atoms with Gasteiger partial charge in [0, 0.05) is 30.7 Å². The van der Waals surface area contributed by atoms with Crippen LogP contribution in [0.2, 0.25) is 0 Å². The Morgan fingerprint density at radius 3 is 2.68 bits per heavy atom. The first-order chi connectivity index (χ1) is 12.2. The number of unbranched alkanes of at least 4 members (excludes halogenated alkanes) is 1. The average Bonchev–Trinajstić information content (AvgIpc) is 2.94. The standard InChI is InChI=1S/C18H28N6S/c1-4-19-18(23-13-16-14(2)24-15(3)25-16)22-12-8-7-11-21-17-9-5-6-10-20-17/h5-6,9-10H,4,7-8,11-13H2,1-3H3,(H,20,21)(H2,19,22,23). The van der Waals surface area contributed by atoms with Crippen molar-refractivity contribution >= 4 is 23.1 Å². The number of aromatic nitrogens is 2. The number of aryl methyl sites for hydroxylation is 2. The third-order valence-electron chi connectivity index (χ3n) is 3.59. The van der Waals surface area contributed by atoms with Crippen molar-refractivity contribution in [2.75, 3.05) is 25.0 Å². The minimum Gasteiger partial charge on any atom is -0.370 e. The minimum absolute atomic E-state index is 0.675. The molecule has 0 aromatic carbocycles. The second kappa shape index (κ2) is 10.7. The highest BCUT2D eigenvalue weighted by molar-refractivity contribution is 7.11. The van der Waals surface area contributed by atoms with E-state index >= 15 is 0 Å². The topological polar surface area (TPSA) is 74.2 Å². The lowest BCUT2D eigenvalue weighted by molar-refractivity contribution is 0.712. The van der Waals surface area contributed by atoms with E-state index in [1.807, 2.05) is 32.0 Å². The predicted molar refractivity (Wildman–Crippen MR) is 106 cm³/mol. The second-order valence-corrected chi connectivity index (χ2v) is 7.00. The summed E-state index contributed by atoms with van der Waals surface area (Å²) in [6.07, 6.45) is 3.95. The quantitative estimate of drug-likeness (QED) is 0.364. The number of thiazole rings is 1. The molecule has 2 aromatic rings. The number of guanidine groups is 1. The molecule has 0 fully saturated rings. The van der Waals surface area contributed by atoms with Gasteiger partial charge in [-0.3, -0.25) is 0 Å². The van der Waals surface area contributed by atoms with Crippen molar-refractivity contribution in [3.8, 4) is 0 Å². The number of nitrogens with one attached hydrogen (secondary N) is 3. The Morgan fingerprint density at radius 1 is 1.16 bits per heavy atom. The summed E-state index contributed by atoms with van der Waals surface area (Å²) in [6.45, 7) is 9.51. The molecule has 2 rings (SSSR count). The maximum atomic E-state index is 4.66. The lowest BCUT2D eigenvalue weighted by Crippen LogP contribution is -2.37. The maximum absolute atomic E-state index is 4.66. The van der Waals surface area contributed by atoms with Crippen molar-refractivity contribution in [1.29, 1.82) is 0 Å². The van der Waals surface area contributed by atoms with Gasteiger partial charge in [0.15, 0.2) is 5.96 Å². The molecule has 0 aliphatic heterocycles. The van der Waals surface area contributed by atoms with E-state index in [0.29, 0.717) is 6.54 Å². The molecule has 0 bridgehead atoms. The van der Waals surface area contributed by atoms with Crippen LogP contribution in [0.25, 0.3) is 0 Å². The van der Waals surface area contributed by atoms with Gasteiger partial charge in [0.1, 0.15) is 5.82 Å². The zero-order valence-corrected chi connectivity index (χ0v) is 16.1. The summed E-state index contributed by atoms with van der Waals surface area (Å²) in [5.74, 6) is 1.80. The van der Waals surface area contributed by atoms with Gasteiger partial charge in [-0.2, -0.15) is 0 Å². The molecule has 2 heterocycles. The Hall–Kier alpha value is -2.15. The van der Waals surface area contributed by atoms with Crippen molar-refractivity contribution in [3.05, 3.63) is 40.0 Å². The van der Waals surface area contributed by atoms with Crippen LogP contribution >= 0.6 is 11.3 Å². The van der Waals surface area contributed by atoms with Gasteiger partial charge in [-0.1, -0.05) is 6.07 Å². The lowest BCUT2D eigenvalue weighted by Gasteiger charge is -2.11. The molecule has 6 nitrogen and oxygen atoms in total. The first-order valence-electron chi connectivity index (χ1n) is 8.79. The maximum Gasteiger partial charge on any atom is 0.191 e. The van der Waals surface area contributed by atoms with E-state index in [-0.39, 0.29) is 0 Å². The highest BCUT2D eigenvalue weighted by atomic mass is 32.1. The zero-order chi connectivity index (χ0) is 17.9. The van der Waals surface area contributed by atoms with Crippen LogP contribution in [0, 0.1) is 13.8 Å². The third-order valence-corrected chi connectivity index (χ3v) is 4.65. The molecular formula is C18H28N6S. The molecule has 0 unspecified atom stereocenters. The van der Waals surface area contributed by atoms with Crippen LogP contribution in [0.15, 0.2) is 29.4 Å². The van der Waals surface area contributed by atoms with E-state index in [2.05, 4.69) is 37.8 Å². The fourth-order valence-corrected chi connectivity index (χ4v) is 3.21. The number of pyridine rings is 1. The van der Waals surface area contributed by atoms with Crippen molar-refractivity contribution in [1.82, 2.24) is 20.6 Å². The number of rotatable bonds is 9. The first kappa shape index (κ1) is 19.2. The van der Waals surface area contributed by atoms with Gasteiger partial charge >= 0.3 is 0 Å². The predicted octanol–water partition coefficient (Wildman–Crippen LogP) is 3.10. The van der Waals surface area contributed by atoms with Crippen molar-refractivity contribution in [2.24, 2.45) is 4.99 Å². The number of nitrogens with zero attached hydrogens (tertiary/aromatic N) is 3. The number of hydrogen-bond donors (Lipinski definition) is 3. The molecule has 0 saturated heterocycles. The van der Waals surface area contributed by atoms with Crippen LogP contribution < -0.4 is 16.0 Å². The third kappa shape index (κ3) is 7.09. The van der Waals surface area contributed by atoms with E-state index in [4.69, 9.17) is 0 Å². The molecule has 136 valence electrons. The SMILES string of the molecule is CCNC(=NCc1sc(C)nc1C)NCCCCNc1ccccn1. The summed E-state index contributed by atoms with van der Waals surface area (Å²) >= 11 is 1.72. The van der Waals surface area contributed by atoms with Crippen molar-refractivity contribution in [3.63, 3.8) is 0 Å². The van der Waals surface area contributed by atoms with E-state index in [0.717, 1.165) is 55.0 Å². The molecule has 0 radical (unpaired) electrons. The van der Waals surface area contributed by atoms with Crippen LogP contribution in [0.3, 0.4) is 0 Å². The summed E-state index contributed by atoms with van der Waals surface area (Å²) in [5, 5.41) is 11.1. The molecule has 0 spiro atoms. The van der Waals surface area contributed by atoms with Gasteiger partial charge in [-0.25, -0.2) is 15.0 Å². The fraction of sp³-hybridized carbons (Fsp3) is 0.500. The number of hydrogen-bond acceptors (Lipinski definition) is 5. The van der Waals surface area contributed by atoms with Crippen LogP contribution in [0.4, 0.5) is 5.82 Å². The molecular weight excluding hydrogens is 332 g/mol. The van der Waals surface area contributed by atoms with Crippen molar-refractivity contribution in [2.45, 2.75) is 40.2 Å². The summed E-state index contributed by atoms with van der Waals surface area (Å²) in [6, 6.07) is 5.89. The Bertz CT molecular complexity index is 653. The summed E-state index contributed by atoms with van der Waals surface area (Å²) in [5.41, 5.74) is 1.09. The van der Waals surface area contributed by atoms with Gasteiger partial charge in [-0.15, -0.1) is 11.3 Å². The smallest absolute Gasteiger partial charge is 0.191 e. The normalized spacial score (nSPS) is 11.4. The summed E-state index contributed by atoms with van der Waals surface area (Å²) < 4.78 is 0. The Kier molecular flexibility index (Phi) is 8.18. The number of aliphatic imine (C=N–C) groups is 1. The second-order valence-electron chi connectivity index (χ2n) is 5.71. The Balaban J connectivity index is 1.68. The van der Waals surface area contributed by atoms with Gasteiger partial charge in [0.05, 0.1) is 17.2 Å². The van der Waals surface area contributed by atoms with Gasteiger partial charge in [0.25, 0.3) is 0 Å². The summed E-state index contributed by atoms with van der Waals surface area (Å²) in [7, 11) is 0. The molecule has 0 saturated carbocycles. The largest absolute Gasteiger partial charge is 0.370 e. The van der Waals surface area contributed by atoms with Crippen LogP contribution in [-0.2, 0) is 6.54 Å². The van der Waals surface area contributed by atoms with E-state index in [1.165, 1.54) is 4.88 Å². The Labute approximate surface area is 154 Å². The van der Waals surface area contributed by atoms with Gasteiger partial charge in [-0.05, 0) is 45.7 Å².